The molecule has 2 aromatic rings. The van der Waals surface area contributed by atoms with Gasteiger partial charge in [-0.2, -0.15) is 13.2 Å². The molecule has 0 bridgehead atoms. The van der Waals surface area contributed by atoms with E-state index >= 15 is 0 Å². The molecule has 202 valence electrons. The fourth-order valence-corrected chi connectivity index (χ4v) is 5.35. The fourth-order valence-electron chi connectivity index (χ4n) is 5.35. The van der Waals surface area contributed by atoms with Gasteiger partial charge >= 0.3 is 12.1 Å². The number of carbonyl (C=O) groups is 2. The average molecular weight is 529 g/mol. The van der Waals surface area contributed by atoms with Crippen LogP contribution >= 0.6 is 0 Å². The third-order valence-corrected chi connectivity index (χ3v) is 7.48. The first kappa shape index (κ1) is 27.4. The highest BCUT2D eigenvalue weighted by Gasteiger charge is 2.38. The summed E-state index contributed by atoms with van der Waals surface area (Å²) in [6.45, 7) is 4.43. The number of alkyl halides is 3. The van der Waals surface area contributed by atoms with Crippen LogP contribution in [0.4, 0.5) is 13.2 Å². The minimum Gasteiger partial charge on any atom is -0.466 e. The van der Waals surface area contributed by atoms with Gasteiger partial charge < -0.3 is 14.4 Å². The Morgan fingerprint density at radius 3 is 2.42 bits per heavy atom. The van der Waals surface area contributed by atoms with E-state index < -0.39 is 23.6 Å². The van der Waals surface area contributed by atoms with Crippen molar-refractivity contribution in [3.63, 3.8) is 0 Å². The lowest BCUT2D eigenvalue weighted by molar-refractivity contribution is -0.138. The number of allylic oxidation sites excluding steroid dienone is 1. The SMILES string of the molecule is COC(=O)C1=C(CCN2CCc3ccccc3C2)N(C)C(C)=C(COC=O)C1c1ccc(C(F)(F)F)cc1. The Hall–Kier alpha value is -3.59. The number of hydrogen-bond donors (Lipinski definition) is 0. The van der Waals surface area contributed by atoms with Crippen LogP contribution < -0.4 is 0 Å². The molecule has 2 aromatic carbocycles. The standard InChI is InChI=1S/C29H31F3N2O4/c1-19-24(17-38-18-35)26(21-8-10-23(11-9-21)29(30,31)32)27(28(36)37-3)25(33(19)2)13-15-34-14-12-20-6-4-5-7-22(20)16-34/h4-11,18,26H,12-17H2,1-3H3. The number of hydrogen-bond acceptors (Lipinski definition) is 6. The molecule has 0 N–H and O–H groups in total. The number of halogens is 3. The molecule has 1 unspecified atom stereocenters. The number of nitrogens with zero attached hydrogens (tertiary/aromatic N) is 2. The van der Waals surface area contributed by atoms with Gasteiger partial charge in [0, 0.05) is 50.4 Å². The number of fused-ring (bicyclic) bond motifs is 1. The molecule has 9 heteroatoms. The monoisotopic (exact) mass is 528 g/mol. The van der Waals surface area contributed by atoms with Gasteiger partial charge in [-0.15, -0.1) is 0 Å². The van der Waals surface area contributed by atoms with Crippen molar-refractivity contribution in [1.82, 2.24) is 9.80 Å². The molecule has 0 aliphatic carbocycles. The quantitative estimate of drug-likeness (QED) is 0.353. The number of esters is 1. The molecule has 2 aliphatic rings. The third kappa shape index (κ3) is 5.62. The predicted octanol–water partition coefficient (Wildman–Crippen LogP) is 5.06. The summed E-state index contributed by atoms with van der Waals surface area (Å²) in [5.41, 5.74) is 4.77. The maximum atomic E-state index is 13.2. The minimum absolute atomic E-state index is 0.109. The van der Waals surface area contributed by atoms with E-state index in [1.165, 1.54) is 30.4 Å². The van der Waals surface area contributed by atoms with Gasteiger partial charge in [0.1, 0.15) is 6.61 Å². The van der Waals surface area contributed by atoms with Crippen molar-refractivity contribution >= 4 is 12.4 Å². The van der Waals surface area contributed by atoms with Gasteiger partial charge in [0.2, 0.25) is 0 Å². The molecule has 2 aliphatic heterocycles. The highest BCUT2D eigenvalue weighted by atomic mass is 19.4. The molecule has 0 amide bonds. The van der Waals surface area contributed by atoms with Crippen LogP contribution in [0.15, 0.2) is 71.1 Å². The van der Waals surface area contributed by atoms with Gasteiger partial charge in [-0.25, -0.2) is 4.79 Å². The summed E-state index contributed by atoms with van der Waals surface area (Å²) in [6, 6.07) is 13.1. The Balaban J connectivity index is 1.72. The topological polar surface area (TPSA) is 59.1 Å². The molecule has 6 nitrogen and oxygen atoms in total. The summed E-state index contributed by atoms with van der Waals surface area (Å²) in [5, 5.41) is 0. The third-order valence-electron chi connectivity index (χ3n) is 7.48. The first-order valence-electron chi connectivity index (χ1n) is 12.4. The van der Waals surface area contributed by atoms with Crippen molar-refractivity contribution < 1.29 is 32.2 Å². The maximum absolute atomic E-state index is 13.2. The smallest absolute Gasteiger partial charge is 0.416 e. The van der Waals surface area contributed by atoms with Crippen LogP contribution in [0.1, 0.15) is 41.5 Å². The van der Waals surface area contributed by atoms with E-state index in [-0.39, 0.29) is 6.61 Å². The first-order chi connectivity index (χ1) is 18.2. The molecule has 1 atom stereocenters. The molecule has 0 spiro atoms. The Kier molecular flexibility index (Phi) is 8.26. The molecular formula is C29H31F3N2O4. The normalized spacial score (nSPS) is 18.4. The van der Waals surface area contributed by atoms with Crippen LogP contribution in [0.3, 0.4) is 0 Å². The Morgan fingerprint density at radius 1 is 1.11 bits per heavy atom. The van der Waals surface area contributed by atoms with Crippen molar-refractivity contribution in [2.75, 3.05) is 33.9 Å². The summed E-state index contributed by atoms with van der Waals surface area (Å²) in [4.78, 5) is 28.5. The lowest BCUT2D eigenvalue weighted by Crippen LogP contribution is -2.36. The van der Waals surface area contributed by atoms with Crippen molar-refractivity contribution in [2.45, 2.75) is 38.4 Å². The van der Waals surface area contributed by atoms with Gasteiger partial charge in [0.05, 0.1) is 18.2 Å². The zero-order chi connectivity index (χ0) is 27.4. The van der Waals surface area contributed by atoms with E-state index in [0.717, 1.165) is 43.0 Å². The van der Waals surface area contributed by atoms with E-state index in [9.17, 15) is 22.8 Å². The van der Waals surface area contributed by atoms with Gasteiger partial charge in [0.15, 0.2) is 0 Å². The molecule has 0 saturated carbocycles. The highest BCUT2D eigenvalue weighted by Crippen LogP contribution is 2.43. The van der Waals surface area contributed by atoms with E-state index in [0.29, 0.717) is 36.1 Å². The first-order valence-corrected chi connectivity index (χ1v) is 12.4. The molecule has 2 heterocycles. The lowest BCUT2D eigenvalue weighted by atomic mass is 9.79. The number of benzene rings is 2. The van der Waals surface area contributed by atoms with E-state index in [1.807, 2.05) is 31.0 Å². The van der Waals surface area contributed by atoms with Crippen LogP contribution in [-0.4, -0.2) is 56.1 Å². The van der Waals surface area contributed by atoms with Crippen molar-refractivity contribution in [2.24, 2.45) is 0 Å². The molecule has 4 rings (SSSR count). The van der Waals surface area contributed by atoms with E-state index in [1.54, 1.807) is 0 Å². The second kappa shape index (κ2) is 11.4. The van der Waals surface area contributed by atoms with Gasteiger partial charge in [-0.05, 0) is 47.7 Å². The molecular weight excluding hydrogens is 497 g/mol. The molecule has 38 heavy (non-hydrogen) atoms. The largest absolute Gasteiger partial charge is 0.466 e. The summed E-state index contributed by atoms with van der Waals surface area (Å²) in [5.74, 6) is -1.30. The molecule has 0 aromatic heterocycles. The Morgan fingerprint density at radius 2 is 1.79 bits per heavy atom. The molecule has 0 radical (unpaired) electrons. The van der Waals surface area contributed by atoms with Gasteiger partial charge in [0.25, 0.3) is 6.47 Å². The van der Waals surface area contributed by atoms with Gasteiger partial charge in [-0.3, -0.25) is 9.69 Å². The summed E-state index contributed by atoms with van der Waals surface area (Å²) in [7, 11) is 3.12. The van der Waals surface area contributed by atoms with Crippen LogP contribution in [0, 0.1) is 0 Å². The molecule has 0 saturated heterocycles. The summed E-state index contributed by atoms with van der Waals surface area (Å²) in [6.07, 6.45) is -3.02. The Labute approximate surface area is 220 Å². The van der Waals surface area contributed by atoms with Crippen LogP contribution in [0.2, 0.25) is 0 Å². The minimum atomic E-state index is -4.49. The number of rotatable bonds is 8. The Bertz CT molecular complexity index is 1250. The second-order valence-corrected chi connectivity index (χ2v) is 9.53. The lowest BCUT2D eigenvalue weighted by Gasteiger charge is -2.38. The number of ether oxygens (including phenoxy) is 2. The van der Waals surface area contributed by atoms with Crippen LogP contribution in [-0.2, 0) is 38.2 Å². The fraction of sp³-hybridized carbons (Fsp3) is 0.379. The summed E-state index contributed by atoms with van der Waals surface area (Å²) >= 11 is 0. The van der Waals surface area contributed by atoms with Gasteiger partial charge in [-0.1, -0.05) is 36.4 Å². The second-order valence-electron chi connectivity index (χ2n) is 9.53. The van der Waals surface area contributed by atoms with Crippen molar-refractivity contribution in [3.8, 4) is 0 Å². The predicted molar refractivity (Wildman–Crippen MR) is 136 cm³/mol. The average Bonchev–Trinajstić information content (AvgIpc) is 2.92. The maximum Gasteiger partial charge on any atom is 0.416 e. The zero-order valence-electron chi connectivity index (χ0n) is 21.7. The number of methoxy groups -OCH3 is 1. The highest BCUT2D eigenvalue weighted by molar-refractivity contribution is 5.92. The van der Waals surface area contributed by atoms with E-state index in [4.69, 9.17) is 9.47 Å². The van der Waals surface area contributed by atoms with Crippen molar-refractivity contribution in [3.05, 3.63) is 93.3 Å². The van der Waals surface area contributed by atoms with Crippen LogP contribution in [0.5, 0.6) is 0 Å². The molecule has 0 fully saturated rings. The van der Waals surface area contributed by atoms with Crippen molar-refractivity contribution in [1.29, 1.82) is 0 Å². The van der Waals surface area contributed by atoms with Crippen LogP contribution in [0.25, 0.3) is 0 Å². The van der Waals surface area contributed by atoms with E-state index in [2.05, 4.69) is 17.0 Å². The summed E-state index contributed by atoms with van der Waals surface area (Å²) < 4.78 is 50.0. The zero-order valence-corrected chi connectivity index (χ0v) is 21.7. The number of carbonyl (C=O) groups excluding carboxylic acids is 2.